The zero-order chi connectivity index (χ0) is 20.4. The molecule has 2 aromatic carbocycles. The molecule has 7 nitrogen and oxygen atoms in total. The average Bonchev–Trinajstić information content (AvgIpc) is 3.56. The Labute approximate surface area is 172 Å². The number of nitro benzene ring substituents is 1. The highest BCUT2D eigenvalue weighted by atomic mass is 35.5. The lowest BCUT2D eigenvalue weighted by Gasteiger charge is -2.22. The fourth-order valence-corrected chi connectivity index (χ4v) is 3.49. The van der Waals surface area contributed by atoms with Crippen LogP contribution in [0.5, 0.6) is 11.5 Å². The summed E-state index contributed by atoms with van der Waals surface area (Å²) in [6, 6.07) is 10.0. The predicted molar refractivity (Wildman–Crippen MR) is 108 cm³/mol. The second-order valence-electron chi connectivity index (χ2n) is 7.03. The Kier molecular flexibility index (Phi) is 5.40. The van der Waals surface area contributed by atoms with E-state index in [-0.39, 0.29) is 22.7 Å². The predicted octanol–water partition coefficient (Wildman–Crippen LogP) is 4.30. The van der Waals surface area contributed by atoms with E-state index in [9.17, 15) is 14.9 Å². The molecule has 0 spiro atoms. The van der Waals surface area contributed by atoms with Gasteiger partial charge in [-0.1, -0.05) is 23.7 Å². The van der Waals surface area contributed by atoms with Crippen molar-refractivity contribution in [1.82, 2.24) is 5.32 Å². The number of ether oxygens (including phenoxy) is 2. The number of amides is 1. The molecule has 8 heteroatoms. The van der Waals surface area contributed by atoms with Crippen molar-refractivity contribution >= 4 is 29.3 Å². The maximum Gasteiger partial charge on any atom is 0.288 e. The van der Waals surface area contributed by atoms with Crippen LogP contribution in [0.15, 0.2) is 42.5 Å². The van der Waals surface area contributed by atoms with Crippen molar-refractivity contribution in [2.75, 3.05) is 13.2 Å². The molecule has 0 radical (unpaired) electrons. The Morgan fingerprint density at radius 2 is 1.93 bits per heavy atom. The van der Waals surface area contributed by atoms with Crippen molar-refractivity contribution in [3.8, 4) is 11.5 Å². The maximum absolute atomic E-state index is 12.5. The van der Waals surface area contributed by atoms with E-state index in [1.165, 1.54) is 24.3 Å². The largest absolute Gasteiger partial charge is 0.486 e. The third kappa shape index (κ3) is 4.51. The summed E-state index contributed by atoms with van der Waals surface area (Å²) >= 11 is 5.82. The number of halogens is 1. The first-order valence-corrected chi connectivity index (χ1v) is 9.71. The highest BCUT2D eigenvalue weighted by molar-refractivity contribution is 6.32. The molecule has 1 heterocycles. The van der Waals surface area contributed by atoms with Crippen LogP contribution in [0, 0.1) is 16.0 Å². The summed E-state index contributed by atoms with van der Waals surface area (Å²) in [4.78, 5) is 22.9. The van der Waals surface area contributed by atoms with E-state index in [4.69, 9.17) is 21.1 Å². The number of benzene rings is 2. The highest BCUT2D eigenvalue weighted by Gasteiger charge is 2.33. The van der Waals surface area contributed by atoms with Crippen LogP contribution < -0.4 is 14.8 Å². The van der Waals surface area contributed by atoms with Gasteiger partial charge in [-0.15, -0.1) is 0 Å². The average molecular weight is 415 g/mol. The highest BCUT2D eigenvalue weighted by Crippen LogP contribution is 2.43. The van der Waals surface area contributed by atoms with E-state index in [0.29, 0.717) is 36.2 Å². The number of nitrogens with one attached hydrogen (secondary N) is 1. The monoisotopic (exact) mass is 414 g/mol. The number of nitrogens with zero attached hydrogens (tertiary/aromatic N) is 1. The summed E-state index contributed by atoms with van der Waals surface area (Å²) in [6.45, 7) is 1.04. The van der Waals surface area contributed by atoms with Crippen LogP contribution >= 0.6 is 11.6 Å². The van der Waals surface area contributed by atoms with Crippen molar-refractivity contribution in [1.29, 1.82) is 0 Å². The lowest BCUT2D eigenvalue weighted by Crippen LogP contribution is -2.28. The first-order chi connectivity index (χ1) is 14.0. The van der Waals surface area contributed by atoms with Crippen molar-refractivity contribution in [3.05, 3.63) is 68.7 Å². The standard InChI is InChI=1S/C21H19ClN2O5/c22-16-6-1-13(11-17(16)24(26)27)2-8-20(25)23-21(14-3-4-14)15-5-7-18-19(12-15)29-10-9-28-18/h1-2,5-8,11-12,14,21H,3-4,9-10H2,(H,23,25)/b8-2+. The molecular weight excluding hydrogens is 396 g/mol. The van der Waals surface area contributed by atoms with Crippen molar-refractivity contribution in [2.45, 2.75) is 18.9 Å². The summed E-state index contributed by atoms with van der Waals surface area (Å²) in [5.74, 6) is 1.52. The summed E-state index contributed by atoms with van der Waals surface area (Å²) in [5, 5.41) is 14.1. The van der Waals surface area contributed by atoms with Crippen LogP contribution in [0.25, 0.3) is 6.08 Å². The van der Waals surface area contributed by atoms with Gasteiger partial charge in [0.1, 0.15) is 18.2 Å². The van der Waals surface area contributed by atoms with Gasteiger partial charge in [0.2, 0.25) is 5.91 Å². The number of hydrogen-bond donors (Lipinski definition) is 1. The maximum atomic E-state index is 12.5. The molecule has 1 fully saturated rings. The van der Waals surface area contributed by atoms with Crippen LogP contribution in [0.3, 0.4) is 0 Å². The zero-order valence-corrected chi connectivity index (χ0v) is 16.2. The van der Waals surface area contributed by atoms with Gasteiger partial charge in [-0.3, -0.25) is 14.9 Å². The second-order valence-corrected chi connectivity index (χ2v) is 7.44. The quantitative estimate of drug-likeness (QED) is 0.432. The van der Waals surface area contributed by atoms with Gasteiger partial charge < -0.3 is 14.8 Å². The molecule has 2 aromatic rings. The van der Waals surface area contributed by atoms with Crippen LogP contribution in [0.1, 0.15) is 30.0 Å². The van der Waals surface area contributed by atoms with E-state index in [1.807, 2.05) is 18.2 Å². The second kappa shape index (κ2) is 8.13. The van der Waals surface area contributed by atoms with Crippen molar-refractivity contribution in [2.24, 2.45) is 5.92 Å². The first kappa shape index (κ1) is 19.3. The van der Waals surface area contributed by atoms with Crippen LogP contribution in [-0.2, 0) is 4.79 Å². The molecule has 0 bridgehead atoms. The van der Waals surface area contributed by atoms with Gasteiger partial charge in [-0.05, 0) is 54.2 Å². The van der Waals surface area contributed by atoms with Gasteiger partial charge in [0.15, 0.2) is 11.5 Å². The minimum absolute atomic E-state index is 0.0593. The molecule has 0 saturated heterocycles. The van der Waals surface area contributed by atoms with Gasteiger partial charge in [0, 0.05) is 12.1 Å². The molecule has 1 amide bonds. The Balaban J connectivity index is 1.48. The number of carbonyl (C=O) groups excluding carboxylic acids is 1. The molecule has 0 aromatic heterocycles. The normalized spacial score (nSPS) is 16.4. The molecule has 4 rings (SSSR count). The topological polar surface area (TPSA) is 90.7 Å². The van der Waals surface area contributed by atoms with E-state index in [1.54, 1.807) is 6.07 Å². The number of hydrogen-bond acceptors (Lipinski definition) is 5. The lowest BCUT2D eigenvalue weighted by atomic mass is 10.0. The molecule has 1 saturated carbocycles. The van der Waals surface area contributed by atoms with Crippen LogP contribution in [0.2, 0.25) is 5.02 Å². The molecule has 29 heavy (non-hydrogen) atoms. The third-order valence-electron chi connectivity index (χ3n) is 4.91. The van der Waals surface area contributed by atoms with Crippen molar-refractivity contribution < 1.29 is 19.2 Å². The molecule has 1 aliphatic carbocycles. The van der Waals surface area contributed by atoms with Crippen LogP contribution in [-0.4, -0.2) is 24.0 Å². The Morgan fingerprint density at radius 1 is 1.17 bits per heavy atom. The SMILES string of the molecule is O=C(/C=C/c1ccc(Cl)c([N+](=O)[O-])c1)NC(c1ccc2c(c1)OCCO2)C1CC1. The molecule has 150 valence electrons. The fraction of sp³-hybridized carbons (Fsp3) is 0.286. The first-order valence-electron chi connectivity index (χ1n) is 9.33. The number of carbonyl (C=O) groups is 1. The minimum atomic E-state index is -0.551. The van der Waals surface area contributed by atoms with Gasteiger partial charge in [-0.2, -0.15) is 0 Å². The number of rotatable bonds is 6. The Bertz CT molecular complexity index is 987. The molecule has 1 unspecified atom stereocenters. The van der Waals surface area contributed by atoms with Gasteiger partial charge in [0.05, 0.1) is 11.0 Å². The Morgan fingerprint density at radius 3 is 2.66 bits per heavy atom. The minimum Gasteiger partial charge on any atom is -0.486 e. The van der Waals surface area contributed by atoms with Crippen LogP contribution in [0.4, 0.5) is 5.69 Å². The number of nitro groups is 1. The summed E-state index contributed by atoms with van der Waals surface area (Å²) in [7, 11) is 0. The van der Waals surface area contributed by atoms with E-state index in [2.05, 4.69) is 5.32 Å². The fourth-order valence-electron chi connectivity index (χ4n) is 3.30. The van der Waals surface area contributed by atoms with E-state index < -0.39 is 4.92 Å². The summed E-state index contributed by atoms with van der Waals surface area (Å²) in [6.07, 6.45) is 5.01. The molecule has 1 aliphatic heterocycles. The summed E-state index contributed by atoms with van der Waals surface area (Å²) in [5.41, 5.74) is 1.31. The smallest absolute Gasteiger partial charge is 0.288 e. The molecule has 2 aliphatic rings. The summed E-state index contributed by atoms with van der Waals surface area (Å²) < 4.78 is 11.2. The molecular formula is C21H19ClN2O5. The van der Waals surface area contributed by atoms with Gasteiger partial charge in [0.25, 0.3) is 5.69 Å². The Hall–Kier alpha value is -3.06. The van der Waals surface area contributed by atoms with E-state index in [0.717, 1.165) is 18.4 Å². The zero-order valence-electron chi connectivity index (χ0n) is 15.5. The number of fused-ring (bicyclic) bond motifs is 1. The molecule has 1 N–H and O–H groups in total. The van der Waals surface area contributed by atoms with Crippen molar-refractivity contribution in [3.63, 3.8) is 0 Å². The van der Waals surface area contributed by atoms with E-state index >= 15 is 0 Å². The third-order valence-corrected chi connectivity index (χ3v) is 5.23. The van der Waals surface area contributed by atoms with Gasteiger partial charge >= 0.3 is 0 Å². The molecule has 1 atom stereocenters. The lowest BCUT2D eigenvalue weighted by molar-refractivity contribution is -0.384. The van der Waals surface area contributed by atoms with Gasteiger partial charge in [-0.25, -0.2) is 0 Å².